The first-order chi connectivity index (χ1) is 11.0. The number of halogens is 1. The third-order valence-electron chi connectivity index (χ3n) is 4.30. The van der Waals surface area contributed by atoms with E-state index >= 15 is 0 Å². The molecule has 1 saturated heterocycles. The van der Waals surface area contributed by atoms with Crippen molar-refractivity contribution in [2.24, 2.45) is 5.41 Å². The molecule has 1 aliphatic heterocycles. The van der Waals surface area contributed by atoms with Crippen molar-refractivity contribution in [1.29, 1.82) is 0 Å². The first-order valence-corrected chi connectivity index (χ1v) is 9.40. The normalized spacial score (nSPS) is 19.8. The van der Waals surface area contributed by atoms with Crippen LogP contribution in [0.5, 0.6) is 0 Å². The molecule has 24 heavy (non-hydrogen) atoms. The van der Waals surface area contributed by atoms with Crippen LogP contribution in [-0.4, -0.2) is 49.7 Å². The van der Waals surface area contributed by atoms with Gasteiger partial charge in [-0.1, -0.05) is 12.1 Å². The number of carbonyl (C=O) groups excluding carboxylic acids is 2. The van der Waals surface area contributed by atoms with Crippen LogP contribution in [0, 0.1) is 11.2 Å². The first-order valence-electron chi connectivity index (χ1n) is 7.58. The van der Waals surface area contributed by atoms with Crippen molar-refractivity contribution in [3.8, 4) is 0 Å². The van der Waals surface area contributed by atoms with Crippen molar-refractivity contribution in [3.63, 3.8) is 0 Å². The van der Waals surface area contributed by atoms with Gasteiger partial charge in [-0.05, 0) is 32.4 Å². The Bertz CT molecular complexity index is 761. The summed E-state index contributed by atoms with van der Waals surface area (Å²) in [7, 11) is -1.65. The van der Waals surface area contributed by atoms with Gasteiger partial charge in [-0.15, -0.1) is 0 Å². The van der Waals surface area contributed by atoms with Gasteiger partial charge in [0.1, 0.15) is 11.2 Å². The summed E-state index contributed by atoms with van der Waals surface area (Å²) in [6, 6.07) is 5.24. The molecule has 0 aromatic heterocycles. The van der Waals surface area contributed by atoms with E-state index in [2.05, 4.69) is 5.32 Å². The Kier molecular flexibility index (Phi) is 4.98. The zero-order valence-corrected chi connectivity index (χ0v) is 14.7. The Morgan fingerprint density at radius 1 is 1.29 bits per heavy atom. The molecule has 8 heteroatoms. The van der Waals surface area contributed by atoms with Gasteiger partial charge in [-0.3, -0.25) is 9.59 Å². The predicted molar refractivity (Wildman–Crippen MR) is 88.6 cm³/mol. The van der Waals surface area contributed by atoms with Gasteiger partial charge >= 0.3 is 0 Å². The highest BCUT2D eigenvalue weighted by Crippen LogP contribution is 2.26. The molecule has 1 unspecified atom stereocenters. The molecule has 2 amide bonds. The number of para-hydroxylation sites is 1. The Hall–Kier alpha value is -1.96. The SMILES string of the molecule is CN(C(=O)C(C)(C)C(=O)Nc1ccccc1F)C1CCS(=O)(=O)C1. The fourth-order valence-corrected chi connectivity index (χ4v) is 4.40. The molecule has 0 saturated carbocycles. The molecular weight excluding hydrogens is 335 g/mol. The van der Waals surface area contributed by atoms with Crippen molar-refractivity contribution < 1.29 is 22.4 Å². The van der Waals surface area contributed by atoms with Crippen molar-refractivity contribution in [3.05, 3.63) is 30.1 Å². The average Bonchev–Trinajstić information content (AvgIpc) is 2.88. The summed E-state index contributed by atoms with van der Waals surface area (Å²) in [5.41, 5.74) is -1.46. The van der Waals surface area contributed by atoms with Crippen LogP contribution < -0.4 is 5.32 Å². The molecule has 1 fully saturated rings. The van der Waals surface area contributed by atoms with E-state index in [-0.39, 0.29) is 17.2 Å². The zero-order chi connectivity index (χ0) is 18.1. The van der Waals surface area contributed by atoms with Crippen LogP contribution in [0.1, 0.15) is 20.3 Å². The monoisotopic (exact) mass is 356 g/mol. The number of amides is 2. The Labute approximate surface area is 140 Å². The highest BCUT2D eigenvalue weighted by Gasteiger charge is 2.42. The Morgan fingerprint density at radius 3 is 2.46 bits per heavy atom. The number of carbonyl (C=O) groups is 2. The molecule has 1 aliphatic rings. The van der Waals surface area contributed by atoms with Crippen molar-refractivity contribution in [1.82, 2.24) is 4.90 Å². The maximum absolute atomic E-state index is 13.7. The van der Waals surface area contributed by atoms with Crippen LogP contribution in [0.4, 0.5) is 10.1 Å². The van der Waals surface area contributed by atoms with Crippen molar-refractivity contribution in [2.45, 2.75) is 26.3 Å². The number of sulfone groups is 1. The maximum Gasteiger partial charge on any atom is 0.239 e. The topological polar surface area (TPSA) is 83.6 Å². The number of benzene rings is 1. The zero-order valence-electron chi connectivity index (χ0n) is 13.9. The van der Waals surface area contributed by atoms with E-state index in [0.717, 1.165) is 0 Å². The molecule has 6 nitrogen and oxygen atoms in total. The highest BCUT2D eigenvalue weighted by molar-refractivity contribution is 7.91. The summed E-state index contributed by atoms with van der Waals surface area (Å²) >= 11 is 0. The molecule has 132 valence electrons. The number of hydrogen-bond donors (Lipinski definition) is 1. The molecule has 1 aromatic carbocycles. The van der Waals surface area contributed by atoms with Crippen LogP contribution in [0.3, 0.4) is 0 Å². The summed E-state index contributed by atoms with van der Waals surface area (Å²) < 4.78 is 36.8. The fraction of sp³-hybridized carbons (Fsp3) is 0.500. The predicted octanol–water partition coefficient (Wildman–Crippen LogP) is 1.44. The summed E-state index contributed by atoms with van der Waals surface area (Å²) in [5.74, 6) is -1.80. The minimum absolute atomic E-state index is 0.00512. The first kappa shape index (κ1) is 18.4. The van der Waals surface area contributed by atoms with E-state index in [9.17, 15) is 22.4 Å². The number of nitrogens with one attached hydrogen (secondary N) is 1. The molecule has 0 aliphatic carbocycles. The average molecular weight is 356 g/mol. The smallest absolute Gasteiger partial charge is 0.239 e. The van der Waals surface area contributed by atoms with Gasteiger partial charge < -0.3 is 10.2 Å². The third-order valence-corrected chi connectivity index (χ3v) is 6.05. The van der Waals surface area contributed by atoms with Crippen LogP contribution in [0.2, 0.25) is 0 Å². The molecule has 1 heterocycles. The van der Waals surface area contributed by atoms with Gasteiger partial charge in [0.05, 0.1) is 17.2 Å². The quantitative estimate of drug-likeness (QED) is 0.828. The van der Waals surface area contributed by atoms with Gasteiger partial charge in [-0.25, -0.2) is 12.8 Å². The van der Waals surface area contributed by atoms with Crippen molar-refractivity contribution >= 4 is 27.3 Å². The van der Waals surface area contributed by atoms with Crippen LogP contribution in [0.25, 0.3) is 0 Å². The third kappa shape index (κ3) is 3.75. The molecule has 1 atom stereocenters. The number of nitrogens with zero attached hydrogens (tertiary/aromatic N) is 1. The lowest BCUT2D eigenvalue weighted by atomic mass is 9.89. The van der Waals surface area contributed by atoms with Crippen LogP contribution >= 0.6 is 0 Å². The molecule has 0 spiro atoms. The van der Waals surface area contributed by atoms with Gasteiger partial charge in [0, 0.05) is 13.1 Å². The lowest BCUT2D eigenvalue weighted by Gasteiger charge is -2.31. The standard InChI is InChI=1S/C16H21FN2O4S/c1-16(2,14(20)18-13-7-5-4-6-12(13)17)15(21)19(3)11-8-9-24(22,23)10-11/h4-7,11H,8-10H2,1-3H3,(H,18,20). The maximum atomic E-state index is 13.7. The summed E-state index contributed by atoms with van der Waals surface area (Å²) in [6.07, 6.45) is 0.357. The van der Waals surface area contributed by atoms with Gasteiger partial charge in [0.15, 0.2) is 9.84 Å². The highest BCUT2D eigenvalue weighted by atomic mass is 32.2. The second-order valence-electron chi connectivity index (χ2n) is 6.53. The van der Waals surface area contributed by atoms with E-state index in [1.165, 1.54) is 44.0 Å². The molecular formula is C16H21FN2O4S. The van der Waals surface area contributed by atoms with Gasteiger partial charge in [-0.2, -0.15) is 0 Å². The van der Waals surface area contributed by atoms with Crippen molar-refractivity contribution in [2.75, 3.05) is 23.9 Å². The van der Waals surface area contributed by atoms with Crippen LogP contribution in [-0.2, 0) is 19.4 Å². The minimum Gasteiger partial charge on any atom is -0.341 e. The number of hydrogen-bond acceptors (Lipinski definition) is 4. The second-order valence-corrected chi connectivity index (χ2v) is 8.76. The van der Waals surface area contributed by atoms with E-state index in [1.807, 2.05) is 0 Å². The summed E-state index contributed by atoms with van der Waals surface area (Å²) in [4.78, 5) is 26.4. The molecule has 0 bridgehead atoms. The number of anilines is 1. The Balaban J connectivity index is 2.12. The minimum atomic E-state index is -3.14. The van der Waals surface area contributed by atoms with Crippen LogP contribution in [0.15, 0.2) is 24.3 Å². The van der Waals surface area contributed by atoms with Gasteiger partial charge in [0.2, 0.25) is 11.8 Å². The van der Waals surface area contributed by atoms with E-state index in [4.69, 9.17) is 0 Å². The van der Waals surface area contributed by atoms with E-state index in [0.29, 0.717) is 6.42 Å². The second kappa shape index (κ2) is 6.51. The molecule has 1 aromatic rings. The largest absolute Gasteiger partial charge is 0.341 e. The summed E-state index contributed by atoms with van der Waals surface area (Å²) in [6.45, 7) is 2.87. The lowest BCUT2D eigenvalue weighted by molar-refractivity contribution is -0.146. The molecule has 0 radical (unpaired) electrons. The van der Waals surface area contributed by atoms with E-state index < -0.39 is 38.9 Å². The fourth-order valence-electron chi connectivity index (χ4n) is 2.63. The molecule has 1 N–H and O–H groups in total. The van der Waals surface area contributed by atoms with E-state index in [1.54, 1.807) is 6.07 Å². The summed E-state index contributed by atoms with van der Waals surface area (Å²) in [5, 5.41) is 2.41. The van der Waals surface area contributed by atoms with Gasteiger partial charge in [0.25, 0.3) is 0 Å². The number of rotatable bonds is 4. The lowest BCUT2D eigenvalue weighted by Crippen LogP contribution is -2.49. The Morgan fingerprint density at radius 2 is 1.92 bits per heavy atom. The molecule has 2 rings (SSSR count).